The Morgan fingerprint density at radius 2 is 2.20 bits per heavy atom. The zero-order chi connectivity index (χ0) is 15.0. The number of esters is 1. The molecule has 1 rings (SSSR count). The highest BCUT2D eigenvalue weighted by Gasteiger charge is 2.20. The first-order valence-electron chi connectivity index (χ1n) is 5.88. The van der Waals surface area contributed by atoms with Gasteiger partial charge in [0.25, 0.3) is 5.91 Å². The van der Waals surface area contributed by atoms with Crippen LogP contribution in [0.25, 0.3) is 0 Å². The lowest BCUT2D eigenvalue weighted by atomic mass is 10.3. The van der Waals surface area contributed by atoms with Crippen molar-refractivity contribution in [1.82, 2.24) is 10.6 Å². The standard InChI is InChI=1S/C12H16N2O6/c1-19-12(18)8(7-15)14-10(16)4-5-13-11(17)9-3-2-6-20-9/h2-3,6,8,15H,4-5,7H2,1H3,(H,13,17)(H,14,16). The van der Waals surface area contributed by atoms with Crippen LogP contribution in [0.4, 0.5) is 0 Å². The van der Waals surface area contributed by atoms with Crippen molar-refractivity contribution >= 4 is 17.8 Å². The SMILES string of the molecule is COC(=O)C(CO)NC(=O)CCNC(=O)c1ccco1. The average molecular weight is 284 g/mol. The molecule has 1 aromatic rings. The zero-order valence-electron chi connectivity index (χ0n) is 10.9. The summed E-state index contributed by atoms with van der Waals surface area (Å²) < 4.78 is 9.27. The van der Waals surface area contributed by atoms with E-state index in [1.165, 1.54) is 12.3 Å². The first-order chi connectivity index (χ1) is 9.58. The van der Waals surface area contributed by atoms with Gasteiger partial charge in [-0.25, -0.2) is 4.79 Å². The smallest absolute Gasteiger partial charge is 0.330 e. The van der Waals surface area contributed by atoms with E-state index in [0.29, 0.717) is 0 Å². The molecule has 0 spiro atoms. The van der Waals surface area contributed by atoms with E-state index in [9.17, 15) is 14.4 Å². The van der Waals surface area contributed by atoms with Crippen LogP contribution in [0.3, 0.4) is 0 Å². The summed E-state index contributed by atoms with van der Waals surface area (Å²) in [5, 5.41) is 13.7. The molecule has 2 amide bonds. The molecule has 0 aliphatic rings. The Bertz CT molecular complexity index is 457. The van der Waals surface area contributed by atoms with Crippen LogP contribution in [-0.4, -0.2) is 49.2 Å². The molecule has 20 heavy (non-hydrogen) atoms. The van der Waals surface area contributed by atoms with E-state index in [-0.39, 0.29) is 18.7 Å². The van der Waals surface area contributed by atoms with E-state index in [1.807, 2.05) is 0 Å². The number of aliphatic hydroxyl groups is 1. The second-order valence-electron chi connectivity index (χ2n) is 3.81. The minimum atomic E-state index is -1.10. The molecule has 1 unspecified atom stereocenters. The molecular formula is C12H16N2O6. The van der Waals surface area contributed by atoms with Gasteiger partial charge in [-0.2, -0.15) is 0 Å². The summed E-state index contributed by atoms with van der Waals surface area (Å²) >= 11 is 0. The van der Waals surface area contributed by atoms with Gasteiger partial charge >= 0.3 is 5.97 Å². The molecule has 0 radical (unpaired) electrons. The third-order valence-electron chi connectivity index (χ3n) is 2.39. The number of carbonyl (C=O) groups is 3. The van der Waals surface area contributed by atoms with E-state index >= 15 is 0 Å². The van der Waals surface area contributed by atoms with Crippen molar-refractivity contribution in [2.75, 3.05) is 20.3 Å². The molecular weight excluding hydrogens is 268 g/mol. The Kier molecular flexibility index (Phi) is 6.24. The largest absolute Gasteiger partial charge is 0.467 e. The van der Waals surface area contributed by atoms with Crippen LogP contribution in [0.1, 0.15) is 17.0 Å². The van der Waals surface area contributed by atoms with Crippen LogP contribution < -0.4 is 10.6 Å². The predicted octanol–water partition coefficient (Wildman–Crippen LogP) is -0.950. The Morgan fingerprint density at radius 3 is 2.75 bits per heavy atom. The molecule has 1 aromatic heterocycles. The number of aliphatic hydroxyl groups excluding tert-OH is 1. The molecule has 8 nitrogen and oxygen atoms in total. The van der Waals surface area contributed by atoms with Crippen molar-refractivity contribution in [3.63, 3.8) is 0 Å². The predicted molar refractivity (Wildman–Crippen MR) is 66.7 cm³/mol. The maximum Gasteiger partial charge on any atom is 0.330 e. The highest BCUT2D eigenvalue weighted by molar-refractivity contribution is 5.91. The maximum absolute atomic E-state index is 11.5. The van der Waals surface area contributed by atoms with Gasteiger partial charge in [-0.1, -0.05) is 0 Å². The Labute approximate surface area is 115 Å². The number of hydrogen-bond donors (Lipinski definition) is 3. The zero-order valence-corrected chi connectivity index (χ0v) is 10.9. The second kappa shape index (κ2) is 7.95. The fourth-order valence-corrected chi connectivity index (χ4v) is 1.37. The van der Waals surface area contributed by atoms with Crippen LogP contribution in [-0.2, 0) is 14.3 Å². The van der Waals surface area contributed by atoms with E-state index in [0.717, 1.165) is 7.11 Å². The molecule has 1 atom stereocenters. The molecule has 110 valence electrons. The molecule has 0 saturated heterocycles. The van der Waals surface area contributed by atoms with Gasteiger partial charge in [0.2, 0.25) is 5.91 Å². The number of rotatable bonds is 7. The average Bonchev–Trinajstić information content (AvgIpc) is 2.98. The number of hydrogen-bond acceptors (Lipinski definition) is 6. The van der Waals surface area contributed by atoms with Gasteiger partial charge in [0.15, 0.2) is 11.8 Å². The number of amides is 2. The molecule has 0 aliphatic heterocycles. The molecule has 0 saturated carbocycles. The van der Waals surface area contributed by atoms with Crippen molar-refractivity contribution in [2.24, 2.45) is 0 Å². The molecule has 0 fully saturated rings. The minimum absolute atomic E-state index is 0.0417. The monoisotopic (exact) mass is 284 g/mol. The lowest BCUT2D eigenvalue weighted by Gasteiger charge is -2.13. The van der Waals surface area contributed by atoms with Crippen molar-refractivity contribution < 1.29 is 28.6 Å². The third kappa shape index (κ3) is 4.73. The van der Waals surface area contributed by atoms with Crippen LogP contribution >= 0.6 is 0 Å². The van der Waals surface area contributed by atoms with Gasteiger partial charge in [0, 0.05) is 13.0 Å². The number of carbonyl (C=O) groups excluding carboxylic acids is 3. The minimum Gasteiger partial charge on any atom is -0.467 e. The van der Waals surface area contributed by atoms with Crippen molar-refractivity contribution in [3.8, 4) is 0 Å². The molecule has 1 heterocycles. The van der Waals surface area contributed by atoms with Crippen molar-refractivity contribution in [2.45, 2.75) is 12.5 Å². The van der Waals surface area contributed by atoms with Crippen LogP contribution in [0.5, 0.6) is 0 Å². The van der Waals surface area contributed by atoms with E-state index in [2.05, 4.69) is 15.4 Å². The number of furan rings is 1. The van der Waals surface area contributed by atoms with E-state index in [1.54, 1.807) is 6.07 Å². The fraction of sp³-hybridized carbons (Fsp3) is 0.417. The quantitative estimate of drug-likeness (QED) is 0.556. The normalized spacial score (nSPS) is 11.5. The highest BCUT2D eigenvalue weighted by Crippen LogP contribution is 1.98. The molecule has 8 heteroatoms. The number of nitrogens with one attached hydrogen (secondary N) is 2. The lowest BCUT2D eigenvalue weighted by molar-refractivity contribution is -0.146. The summed E-state index contributed by atoms with van der Waals surface area (Å²) in [7, 11) is 1.15. The number of methoxy groups -OCH3 is 1. The first-order valence-corrected chi connectivity index (χ1v) is 5.88. The highest BCUT2D eigenvalue weighted by atomic mass is 16.5. The van der Waals surface area contributed by atoms with Gasteiger partial charge in [-0.15, -0.1) is 0 Å². The summed E-state index contributed by atoms with van der Waals surface area (Å²) in [6.07, 6.45) is 1.32. The molecule has 3 N–H and O–H groups in total. The Hall–Kier alpha value is -2.35. The van der Waals surface area contributed by atoms with E-state index < -0.39 is 30.4 Å². The first kappa shape index (κ1) is 15.7. The van der Waals surface area contributed by atoms with Gasteiger partial charge < -0.3 is 24.9 Å². The van der Waals surface area contributed by atoms with E-state index in [4.69, 9.17) is 9.52 Å². The van der Waals surface area contributed by atoms with Crippen molar-refractivity contribution in [3.05, 3.63) is 24.2 Å². The molecule has 0 aromatic carbocycles. The van der Waals surface area contributed by atoms with Gasteiger partial charge in [-0.05, 0) is 12.1 Å². The molecule has 0 aliphatic carbocycles. The third-order valence-corrected chi connectivity index (χ3v) is 2.39. The summed E-state index contributed by atoms with van der Waals surface area (Å²) in [6.45, 7) is -0.484. The van der Waals surface area contributed by atoms with Crippen LogP contribution in [0.2, 0.25) is 0 Å². The fourth-order valence-electron chi connectivity index (χ4n) is 1.37. The van der Waals surface area contributed by atoms with Gasteiger partial charge in [-0.3, -0.25) is 9.59 Å². The maximum atomic E-state index is 11.5. The number of ether oxygens (including phenoxy) is 1. The van der Waals surface area contributed by atoms with Crippen LogP contribution in [0.15, 0.2) is 22.8 Å². The van der Waals surface area contributed by atoms with Crippen molar-refractivity contribution in [1.29, 1.82) is 0 Å². The Morgan fingerprint density at radius 1 is 1.45 bits per heavy atom. The van der Waals surface area contributed by atoms with Crippen LogP contribution in [0, 0.1) is 0 Å². The summed E-state index contributed by atoms with van der Waals surface area (Å²) in [6, 6.07) is 1.96. The second-order valence-corrected chi connectivity index (χ2v) is 3.81. The summed E-state index contributed by atoms with van der Waals surface area (Å²) in [4.78, 5) is 34.1. The topological polar surface area (TPSA) is 118 Å². The summed E-state index contributed by atoms with van der Waals surface area (Å²) in [5.74, 6) is -1.52. The Balaban J connectivity index is 2.29. The van der Waals surface area contributed by atoms with Gasteiger partial charge in [0.1, 0.15) is 0 Å². The molecule has 0 bridgehead atoms. The van der Waals surface area contributed by atoms with Gasteiger partial charge in [0.05, 0.1) is 20.0 Å². The summed E-state index contributed by atoms with van der Waals surface area (Å²) in [5.41, 5.74) is 0. The lowest BCUT2D eigenvalue weighted by Crippen LogP contribution is -2.44.